The van der Waals surface area contributed by atoms with E-state index >= 15 is 0 Å². The third kappa shape index (κ3) is 1.40. The van der Waals surface area contributed by atoms with Gasteiger partial charge in [-0.3, -0.25) is 0 Å². The van der Waals surface area contributed by atoms with E-state index in [4.69, 9.17) is 4.74 Å². The summed E-state index contributed by atoms with van der Waals surface area (Å²) in [5, 5.41) is 10.2. The Morgan fingerprint density at radius 1 is 1.29 bits per heavy atom. The van der Waals surface area contributed by atoms with Gasteiger partial charge >= 0.3 is 0 Å². The summed E-state index contributed by atoms with van der Waals surface area (Å²) in [6, 6.07) is 0. The minimum atomic E-state index is -0.507. The van der Waals surface area contributed by atoms with Gasteiger partial charge in [0.25, 0.3) is 0 Å². The summed E-state index contributed by atoms with van der Waals surface area (Å²) in [7, 11) is 0. The Hall–Kier alpha value is -0.0800. The van der Waals surface area contributed by atoms with Crippen LogP contribution in [0.3, 0.4) is 0 Å². The van der Waals surface area contributed by atoms with Gasteiger partial charge in [0, 0.05) is 5.92 Å². The van der Waals surface area contributed by atoms with Crippen LogP contribution in [0.15, 0.2) is 0 Å². The van der Waals surface area contributed by atoms with E-state index in [9.17, 15) is 5.11 Å². The van der Waals surface area contributed by atoms with Gasteiger partial charge in [-0.25, -0.2) is 0 Å². The lowest BCUT2D eigenvalue weighted by Gasteiger charge is -2.47. The lowest BCUT2D eigenvalue weighted by Crippen LogP contribution is -2.46. The molecule has 98 valence electrons. The number of ether oxygens (including phenoxy) is 1. The minimum Gasteiger partial charge on any atom is -0.368 e. The molecule has 2 saturated carbocycles. The summed E-state index contributed by atoms with van der Waals surface area (Å²) in [6.45, 7) is 10.3. The van der Waals surface area contributed by atoms with Gasteiger partial charge in [-0.05, 0) is 47.8 Å². The van der Waals surface area contributed by atoms with Crippen molar-refractivity contribution in [3.8, 4) is 0 Å². The highest BCUT2D eigenvalue weighted by Gasteiger charge is 2.64. The number of aliphatic hydroxyl groups excluding tert-OH is 1. The molecule has 1 saturated heterocycles. The fourth-order valence-electron chi connectivity index (χ4n) is 5.32. The first kappa shape index (κ1) is 12.0. The van der Waals surface area contributed by atoms with E-state index in [0.29, 0.717) is 29.1 Å². The molecule has 0 aromatic heterocycles. The second kappa shape index (κ2) is 3.71. The SMILES string of the molecule is CC(C)[C@H]1CCC2(C)C(C)C3C(O)OCC2C31. The normalized spacial score (nSPS) is 57.5. The first-order valence-electron chi connectivity index (χ1n) is 7.26. The molecular formula is C15H26O2. The van der Waals surface area contributed by atoms with Crippen LogP contribution in [-0.2, 0) is 4.74 Å². The van der Waals surface area contributed by atoms with Crippen molar-refractivity contribution in [2.24, 2.45) is 40.9 Å². The van der Waals surface area contributed by atoms with Gasteiger partial charge in [-0.15, -0.1) is 0 Å². The molecule has 4 bridgehead atoms. The molecule has 0 amide bonds. The molecule has 1 heterocycles. The standard InChI is InChI=1S/C15H26O2/c1-8(2)10-5-6-15(4)9(3)12-13(10)11(15)7-17-14(12)16/h8-14,16H,5-7H2,1-4H3/t9?,10-,11?,12?,13?,14?,15?/m1/s1. The van der Waals surface area contributed by atoms with Crippen LogP contribution in [0.2, 0.25) is 0 Å². The van der Waals surface area contributed by atoms with Gasteiger partial charge in [0.1, 0.15) is 0 Å². The van der Waals surface area contributed by atoms with E-state index in [1.165, 1.54) is 12.8 Å². The van der Waals surface area contributed by atoms with Crippen molar-refractivity contribution in [2.75, 3.05) is 6.61 Å². The zero-order valence-electron chi connectivity index (χ0n) is 11.5. The van der Waals surface area contributed by atoms with E-state index in [1.807, 2.05) is 0 Å². The van der Waals surface area contributed by atoms with Gasteiger partial charge in [0.15, 0.2) is 6.29 Å². The van der Waals surface area contributed by atoms with E-state index in [2.05, 4.69) is 27.7 Å². The number of rotatable bonds is 1. The third-order valence-electron chi connectivity index (χ3n) is 6.52. The van der Waals surface area contributed by atoms with Crippen LogP contribution in [0.25, 0.3) is 0 Å². The second-order valence-corrected chi connectivity index (χ2v) is 7.23. The molecule has 0 spiro atoms. The molecule has 2 aliphatic carbocycles. The maximum Gasteiger partial charge on any atom is 0.157 e. The molecule has 2 nitrogen and oxygen atoms in total. The molecule has 1 N–H and O–H groups in total. The lowest BCUT2D eigenvalue weighted by molar-refractivity contribution is -0.198. The molecule has 17 heavy (non-hydrogen) atoms. The van der Waals surface area contributed by atoms with Gasteiger partial charge in [0.2, 0.25) is 0 Å². The Morgan fingerprint density at radius 2 is 2.00 bits per heavy atom. The van der Waals surface area contributed by atoms with Crippen LogP contribution < -0.4 is 0 Å². The monoisotopic (exact) mass is 238 g/mol. The zero-order chi connectivity index (χ0) is 12.4. The van der Waals surface area contributed by atoms with Gasteiger partial charge in [-0.2, -0.15) is 0 Å². The second-order valence-electron chi connectivity index (χ2n) is 7.23. The predicted octanol–water partition coefficient (Wildman–Crippen LogP) is 2.91. The molecule has 0 aromatic carbocycles. The summed E-state index contributed by atoms with van der Waals surface area (Å²) in [6.07, 6.45) is 2.17. The Labute approximate surface area is 105 Å². The average Bonchev–Trinajstić information content (AvgIpc) is 2.35. The smallest absolute Gasteiger partial charge is 0.157 e. The van der Waals surface area contributed by atoms with Crippen LogP contribution in [-0.4, -0.2) is 18.0 Å². The van der Waals surface area contributed by atoms with E-state index in [1.54, 1.807) is 0 Å². The fourth-order valence-corrected chi connectivity index (χ4v) is 5.32. The Bertz CT molecular complexity index is 314. The summed E-state index contributed by atoms with van der Waals surface area (Å²) < 4.78 is 5.62. The third-order valence-corrected chi connectivity index (χ3v) is 6.52. The van der Waals surface area contributed by atoms with Crippen LogP contribution in [0.1, 0.15) is 40.5 Å². The number of hydrogen-bond donors (Lipinski definition) is 1. The van der Waals surface area contributed by atoms with Gasteiger partial charge < -0.3 is 9.84 Å². The Balaban J connectivity index is 2.00. The predicted molar refractivity (Wildman–Crippen MR) is 67.3 cm³/mol. The maximum atomic E-state index is 10.2. The minimum absolute atomic E-state index is 0.383. The highest BCUT2D eigenvalue weighted by atomic mass is 16.6. The number of aliphatic hydroxyl groups is 1. The van der Waals surface area contributed by atoms with Crippen molar-refractivity contribution >= 4 is 0 Å². The Kier molecular flexibility index (Phi) is 2.61. The average molecular weight is 238 g/mol. The molecule has 0 radical (unpaired) electrons. The molecule has 2 heteroatoms. The van der Waals surface area contributed by atoms with Crippen LogP contribution in [0, 0.1) is 40.9 Å². The van der Waals surface area contributed by atoms with Crippen molar-refractivity contribution in [3.63, 3.8) is 0 Å². The largest absolute Gasteiger partial charge is 0.368 e. The lowest BCUT2D eigenvalue weighted by atomic mass is 9.60. The van der Waals surface area contributed by atoms with Crippen LogP contribution in [0.5, 0.6) is 0 Å². The molecule has 3 fully saturated rings. The van der Waals surface area contributed by atoms with E-state index in [-0.39, 0.29) is 0 Å². The van der Waals surface area contributed by atoms with E-state index < -0.39 is 6.29 Å². The van der Waals surface area contributed by atoms with E-state index in [0.717, 1.165) is 18.4 Å². The molecule has 0 aromatic rings. The first-order valence-corrected chi connectivity index (χ1v) is 7.26. The Morgan fingerprint density at radius 3 is 2.65 bits per heavy atom. The van der Waals surface area contributed by atoms with Gasteiger partial charge in [0.05, 0.1) is 6.61 Å². The van der Waals surface area contributed by atoms with Crippen molar-refractivity contribution in [2.45, 2.75) is 46.8 Å². The topological polar surface area (TPSA) is 29.5 Å². The first-order chi connectivity index (χ1) is 7.97. The molecule has 7 atom stereocenters. The quantitative estimate of drug-likeness (QED) is 0.761. The zero-order valence-corrected chi connectivity index (χ0v) is 11.5. The van der Waals surface area contributed by atoms with Crippen molar-refractivity contribution in [1.29, 1.82) is 0 Å². The van der Waals surface area contributed by atoms with Crippen molar-refractivity contribution in [3.05, 3.63) is 0 Å². The molecule has 3 rings (SSSR count). The van der Waals surface area contributed by atoms with Gasteiger partial charge in [-0.1, -0.05) is 27.7 Å². The highest BCUT2D eigenvalue weighted by Crippen LogP contribution is 2.66. The summed E-state index contributed by atoms with van der Waals surface area (Å²) in [5.41, 5.74) is 0.415. The fraction of sp³-hybridized carbons (Fsp3) is 1.00. The molecule has 1 aliphatic heterocycles. The maximum absolute atomic E-state index is 10.2. The summed E-state index contributed by atoms with van der Waals surface area (Å²) in [5.74, 6) is 3.92. The molecule has 6 unspecified atom stereocenters. The van der Waals surface area contributed by atoms with Crippen molar-refractivity contribution < 1.29 is 9.84 Å². The summed E-state index contributed by atoms with van der Waals surface area (Å²) in [4.78, 5) is 0. The highest BCUT2D eigenvalue weighted by molar-refractivity contribution is 5.10. The molecule has 3 aliphatic rings. The van der Waals surface area contributed by atoms with Crippen molar-refractivity contribution in [1.82, 2.24) is 0 Å². The van der Waals surface area contributed by atoms with Crippen LogP contribution in [0.4, 0.5) is 0 Å². The summed E-state index contributed by atoms with van der Waals surface area (Å²) >= 11 is 0. The number of hydrogen-bond acceptors (Lipinski definition) is 2. The molecular weight excluding hydrogens is 212 g/mol. The van der Waals surface area contributed by atoms with Crippen LogP contribution >= 0.6 is 0 Å².